The van der Waals surface area contributed by atoms with Crippen molar-refractivity contribution in [1.82, 2.24) is 0 Å². The van der Waals surface area contributed by atoms with E-state index in [9.17, 15) is 5.11 Å². The molecule has 0 aliphatic carbocycles. The molecule has 2 nitrogen and oxygen atoms in total. The Kier molecular flexibility index (Phi) is 5.22. The minimum Gasteiger partial charge on any atom is -0.395 e. The Bertz CT molecular complexity index is 570. The molecule has 0 saturated heterocycles. The molecule has 2 aromatic rings. The van der Waals surface area contributed by atoms with Crippen LogP contribution in [0.2, 0.25) is 5.02 Å². The van der Waals surface area contributed by atoms with Crippen LogP contribution in [0.15, 0.2) is 53.0 Å². The van der Waals surface area contributed by atoms with Gasteiger partial charge in [-0.2, -0.15) is 0 Å². The molecule has 0 aromatic heterocycles. The summed E-state index contributed by atoms with van der Waals surface area (Å²) in [6, 6.07) is 15.6. The highest BCUT2D eigenvalue weighted by atomic mass is 79.9. The van der Waals surface area contributed by atoms with Gasteiger partial charge in [-0.3, -0.25) is 0 Å². The zero-order chi connectivity index (χ0) is 14.6. The molecule has 0 saturated carbocycles. The SMILES string of the molecule is NCC(CO)(Cc1ccc(Br)cc1Cl)c1ccccc1. The molecule has 0 bridgehead atoms. The van der Waals surface area contributed by atoms with Crippen LogP contribution in [0.25, 0.3) is 0 Å². The summed E-state index contributed by atoms with van der Waals surface area (Å²) in [5, 5.41) is 10.6. The molecule has 1 atom stereocenters. The lowest BCUT2D eigenvalue weighted by atomic mass is 9.76. The lowest BCUT2D eigenvalue weighted by Gasteiger charge is -2.31. The molecule has 0 spiro atoms. The summed E-state index contributed by atoms with van der Waals surface area (Å²) < 4.78 is 0.938. The molecule has 0 aliphatic heterocycles. The molecule has 0 aliphatic rings. The number of nitrogens with two attached hydrogens (primary N) is 1. The maximum Gasteiger partial charge on any atom is 0.0543 e. The summed E-state index contributed by atoms with van der Waals surface area (Å²) in [5.74, 6) is 0. The number of hydrogen-bond donors (Lipinski definition) is 2. The number of halogens is 2. The summed E-state index contributed by atoms with van der Waals surface area (Å²) in [7, 11) is 0. The van der Waals surface area contributed by atoms with Crippen molar-refractivity contribution < 1.29 is 5.11 Å². The predicted octanol–water partition coefficient (Wildman–Crippen LogP) is 3.53. The zero-order valence-electron chi connectivity index (χ0n) is 11.0. The molecule has 3 N–H and O–H groups in total. The van der Waals surface area contributed by atoms with Crippen molar-refractivity contribution in [3.63, 3.8) is 0 Å². The lowest BCUT2D eigenvalue weighted by Crippen LogP contribution is -2.41. The van der Waals surface area contributed by atoms with Crippen LogP contribution in [0.1, 0.15) is 11.1 Å². The van der Waals surface area contributed by atoms with Gasteiger partial charge in [0, 0.05) is 21.5 Å². The third kappa shape index (κ3) is 3.23. The number of aliphatic hydroxyl groups excluding tert-OH is 1. The third-order valence-corrected chi connectivity index (χ3v) is 4.47. The van der Waals surface area contributed by atoms with Crippen molar-refractivity contribution in [2.75, 3.05) is 13.2 Å². The van der Waals surface area contributed by atoms with Gasteiger partial charge < -0.3 is 10.8 Å². The molecule has 2 rings (SSSR count). The number of hydrogen-bond acceptors (Lipinski definition) is 2. The summed E-state index contributed by atoms with van der Waals surface area (Å²) >= 11 is 9.68. The summed E-state index contributed by atoms with van der Waals surface area (Å²) in [4.78, 5) is 0. The molecular formula is C16H17BrClNO. The van der Waals surface area contributed by atoms with E-state index in [-0.39, 0.29) is 6.61 Å². The average molecular weight is 355 g/mol. The lowest BCUT2D eigenvalue weighted by molar-refractivity contribution is 0.196. The van der Waals surface area contributed by atoms with Crippen LogP contribution in [0.5, 0.6) is 0 Å². The second kappa shape index (κ2) is 6.72. The Hall–Kier alpha value is -0.870. The molecule has 106 valence electrons. The second-order valence-electron chi connectivity index (χ2n) is 4.92. The molecule has 1 unspecified atom stereocenters. The van der Waals surface area contributed by atoms with Crippen molar-refractivity contribution in [3.8, 4) is 0 Å². The van der Waals surface area contributed by atoms with Crippen LogP contribution in [0.4, 0.5) is 0 Å². The average Bonchev–Trinajstić information content (AvgIpc) is 2.48. The number of rotatable bonds is 5. The molecular weight excluding hydrogens is 338 g/mol. The first-order chi connectivity index (χ1) is 9.61. The minimum atomic E-state index is -0.501. The topological polar surface area (TPSA) is 46.2 Å². The summed E-state index contributed by atoms with van der Waals surface area (Å²) in [6.45, 7) is 0.347. The fraction of sp³-hybridized carbons (Fsp3) is 0.250. The van der Waals surface area contributed by atoms with Gasteiger partial charge in [0.1, 0.15) is 0 Å². The van der Waals surface area contributed by atoms with E-state index in [2.05, 4.69) is 15.9 Å². The first kappa shape index (κ1) is 15.5. The van der Waals surface area contributed by atoms with Crippen LogP contribution >= 0.6 is 27.5 Å². The highest BCUT2D eigenvalue weighted by Crippen LogP contribution is 2.31. The van der Waals surface area contributed by atoms with Crippen LogP contribution in [0.3, 0.4) is 0 Å². The van der Waals surface area contributed by atoms with E-state index in [1.54, 1.807) is 0 Å². The van der Waals surface area contributed by atoms with Gasteiger partial charge in [-0.1, -0.05) is 63.9 Å². The quantitative estimate of drug-likeness (QED) is 0.863. The molecule has 20 heavy (non-hydrogen) atoms. The van der Waals surface area contributed by atoms with E-state index >= 15 is 0 Å². The van der Waals surface area contributed by atoms with Crippen molar-refractivity contribution in [1.29, 1.82) is 0 Å². The maximum absolute atomic E-state index is 9.90. The third-order valence-electron chi connectivity index (χ3n) is 3.62. The monoisotopic (exact) mass is 353 g/mol. The minimum absolute atomic E-state index is 0.0140. The number of aliphatic hydroxyl groups is 1. The van der Waals surface area contributed by atoms with E-state index in [0.717, 1.165) is 15.6 Å². The van der Waals surface area contributed by atoms with E-state index in [1.165, 1.54) is 0 Å². The van der Waals surface area contributed by atoms with Crippen LogP contribution in [-0.4, -0.2) is 18.3 Å². The second-order valence-corrected chi connectivity index (χ2v) is 6.24. The van der Waals surface area contributed by atoms with E-state index in [0.29, 0.717) is 18.0 Å². The first-order valence-corrected chi connectivity index (χ1v) is 7.59. The Labute approximate surface area is 132 Å². The van der Waals surface area contributed by atoms with E-state index in [4.69, 9.17) is 17.3 Å². The Balaban J connectivity index is 2.39. The van der Waals surface area contributed by atoms with Crippen molar-refractivity contribution >= 4 is 27.5 Å². The normalized spacial score (nSPS) is 14.0. The maximum atomic E-state index is 9.90. The Morgan fingerprint density at radius 1 is 1.15 bits per heavy atom. The van der Waals surface area contributed by atoms with Gasteiger partial charge in [0.2, 0.25) is 0 Å². The predicted molar refractivity (Wildman–Crippen MR) is 87.1 cm³/mol. The summed E-state index contributed by atoms with van der Waals surface area (Å²) in [6.07, 6.45) is 0.607. The highest BCUT2D eigenvalue weighted by molar-refractivity contribution is 9.10. The van der Waals surface area contributed by atoms with Gasteiger partial charge in [-0.05, 0) is 29.7 Å². The largest absolute Gasteiger partial charge is 0.395 e. The highest BCUT2D eigenvalue weighted by Gasteiger charge is 2.31. The van der Waals surface area contributed by atoms with Gasteiger partial charge in [0.25, 0.3) is 0 Å². The van der Waals surface area contributed by atoms with Crippen molar-refractivity contribution in [3.05, 3.63) is 69.2 Å². The summed E-state index contributed by atoms with van der Waals surface area (Å²) in [5.41, 5.74) is 7.48. The molecule has 2 aromatic carbocycles. The van der Waals surface area contributed by atoms with E-state index in [1.807, 2.05) is 48.5 Å². The standard InChI is InChI=1S/C16H17BrClNO/c17-14-7-6-12(15(18)8-14)9-16(10-19,11-20)13-4-2-1-3-5-13/h1-8,20H,9-11,19H2. The molecule has 0 fully saturated rings. The van der Waals surface area contributed by atoms with Crippen molar-refractivity contribution in [2.45, 2.75) is 11.8 Å². The van der Waals surface area contributed by atoms with Gasteiger partial charge in [-0.25, -0.2) is 0 Å². The number of benzene rings is 2. The smallest absolute Gasteiger partial charge is 0.0543 e. The Morgan fingerprint density at radius 2 is 1.85 bits per heavy atom. The van der Waals surface area contributed by atoms with Crippen LogP contribution in [-0.2, 0) is 11.8 Å². The fourth-order valence-electron chi connectivity index (χ4n) is 2.33. The zero-order valence-corrected chi connectivity index (χ0v) is 13.4. The molecule has 0 heterocycles. The van der Waals surface area contributed by atoms with Gasteiger partial charge >= 0.3 is 0 Å². The van der Waals surface area contributed by atoms with Crippen LogP contribution in [0, 0.1) is 0 Å². The molecule has 0 amide bonds. The van der Waals surface area contributed by atoms with Gasteiger partial charge in [0.15, 0.2) is 0 Å². The van der Waals surface area contributed by atoms with Gasteiger partial charge in [-0.15, -0.1) is 0 Å². The first-order valence-electron chi connectivity index (χ1n) is 6.42. The fourth-order valence-corrected chi connectivity index (χ4v) is 3.07. The van der Waals surface area contributed by atoms with Crippen LogP contribution < -0.4 is 5.73 Å². The van der Waals surface area contributed by atoms with Gasteiger partial charge in [0.05, 0.1) is 6.61 Å². The Morgan fingerprint density at radius 3 is 2.40 bits per heavy atom. The molecule has 4 heteroatoms. The molecule has 0 radical (unpaired) electrons. The van der Waals surface area contributed by atoms with Crippen molar-refractivity contribution in [2.24, 2.45) is 5.73 Å². The van der Waals surface area contributed by atoms with E-state index < -0.39 is 5.41 Å².